The summed E-state index contributed by atoms with van der Waals surface area (Å²) in [6, 6.07) is 9.85. The molecule has 1 aromatic carbocycles. The molecule has 0 amide bonds. The number of nitrogens with zero attached hydrogens (tertiary/aromatic N) is 6. The average Bonchev–Trinajstić information content (AvgIpc) is 2.81. The van der Waals surface area contributed by atoms with E-state index in [1.807, 2.05) is 37.3 Å². The number of azide groups is 1. The number of benzene rings is 1. The molecule has 0 bridgehead atoms. The number of fused-ring (bicyclic) bond motifs is 3. The van der Waals surface area contributed by atoms with E-state index in [9.17, 15) is 0 Å². The van der Waals surface area contributed by atoms with E-state index >= 15 is 0 Å². The van der Waals surface area contributed by atoms with Gasteiger partial charge in [-0.2, -0.15) is 5.10 Å². The van der Waals surface area contributed by atoms with Gasteiger partial charge in [0.05, 0.1) is 23.3 Å². The van der Waals surface area contributed by atoms with Crippen molar-refractivity contribution in [3.63, 3.8) is 0 Å². The van der Waals surface area contributed by atoms with E-state index < -0.39 is 0 Å². The molecule has 88 valence electrons. The summed E-state index contributed by atoms with van der Waals surface area (Å²) >= 11 is 0. The lowest BCUT2D eigenvalue weighted by Crippen LogP contribution is -1.98. The minimum absolute atomic E-state index is 0.256. The summed E-state index contributed by atoms with van der Waals surface area (Å²) in [5.41, 5.74) is 11.0. The first-order chi connectivity index (χ1) is 8.79. The highest BCUT2D eigenvalue weighted by atomic mass is 15.3. The van der Waals surface area contributed by atoms with Crippen LogP contribution in [0.2, 0.25) is 0 Å². The highest BCUT2D eigenvalue weighted by Gasteiger charge is 2.08. The third-order valence-corrected chi connectivity index (χ3v) is 2.82. The van der Waals surface area contributed by atoms with Crippen LogP contribution in [0.4, 0.5) is 0 Å². The minimum Gasteiger partial charge on any atom is -0.233 e. The molecule has 0 saturated carbocycles. The van der Waals surface area contributed by atoms with E-state index in [0.29, 0.717) is 0 Å². The number of rotatable bonds is 2. The zero-order chi connectivity index (χ0) is 12.5. The Kier molecular flexibility index (Phi) is 2.35. The second-order valence-corrected chi connectivity index (χ2v) is 4.00. The molecule has 3 rings (SSSR count). The third-order valence-electron chi connectivity index (χ3n) is 2.82. The summed E-state index contributed by atoms with van der Waals surface area (Å²) in [4.78, 5) is 7.24. The summed E-state index contributed by atoms with van der Waals surface area (Å²) < 4.78 is 1.78. The van der Waals surface area contributed by atoms with Gasteiger partial charge in [0.25, 0.3) is 0 Å². The van der Waals surface area contributed by atoms with E-state index in [0.717, 1.165) is 27.9 Å². The maximum atomic E-state index is 8.34. The maximum absolute atomic E-state index is 8.34. The van der Waals surface area contributed by atoms with Crippen molar-refractivity contribution in [1.82, 2.24) is 14.6 Å². The molecule has 0 aliphatic carbocycles. The lowest BCUT2D eigenvalue weighted by atomic mass is 10.2. The van der Waals surface area contributed by atoms with E-state index in [1.54, 1.807) is 4.52 Å². The molecule has 0 radical (unpaired) electrons. The molecule has 0 atom stereocenters. The SMILES string of the molecule is Cc1nc2ccccc2c2cc(CN=[N+]=[N-])nn12. The number of hydrogen-bond donors (Lipinski definition) is 0. The van der Waals surface area contributed by atoms with Gasteiger partial charge in [0.2, 0.25) is 0 Å². The van der Waals surface area contributed by atoms with Gasteiger partial charge in [-0.05, 0) is 24.6 Å². The van der Waals surface area contributed by atoms with Crippen molar-refractivity contribution in [1.29, 1.82) is 0 Å². The van der Waals surface area contributed by atoms with Crippen LogP contribution in [0.5, 0.6) is 0 Å². The Morgan fingerprint density at radius 2 is 2.22 bits per heavy atom. The maximum Gasteiger partial charge on any atom is 0.128 e. The molecule has 0 spiro atoms. The number of aromatic nitrogens is 3. The monoisotopic (exact) mass is 238 g/mol. The molecule has 0 aliphatic rings. The van der Waals surface area contributed by atoms with Crippen molar-refractivity contribution in [2.45, 2.75) is 13.5 Å². The quantitative estimate of drug-likeness (QED) is 0.390. The second kappa shape index (κ2) is 4.01. The number of para-hydroxylation sites is 1. The molecule has 3 aromatic rings. The predicted octanol–water partition coefficient (Wildman–Crippen LogP) is 3.00. The van der Waals surface area contributed by atoms with Gasteiger partial charge in [-0.15, -0.1) is 0 Å². The van der Waals surface area contributed by atoms with Crippen LogP contribution in [0.15, 0.2) is 35.4 Å². The van der Waals surface area contributed by atoms with Gasteiger partial charge >= 0.3 is 0 Å². The molecular weight excluding hydrogens is 228 g/mol. The van der Waals surface area contributed by atoms with Crippen molar-refractivity contribution in [3.05, 3.63) is 52.3 Å². The molecule has 0 saturated heterocycles. The Morgan fingerprint density at radius 1 is 1.39 bits per heavy atom. The average molecular weight is 238 g/mol. The topological polar surface area (TPSA) is 79.0 Å². The van der Waals surface area contributed by atoms with Crippen LogP contribution in [0.3, 0.4) is 0 Å². The smallest absolute Gasteiger partial charge is 0.128 e. The van der Waals surface area contributed by atoms with Crippen LogP contribution < -0.4 is 0 Å². The number of hydrogen-bond acceptors (Lipinski definition) is 3. The van der Waals surface area contributed by atoms with Crippen LogP contribution in [0, 0.1) is 6.92 Å². The summed E-state index contributed by atoms with van der Waals surface area (Å²) in [6.45, 7) is 2.16. The molecule has 2 aromatic heterocycles. The van der Waals surface area contributed by atoms with Crippen molar-refractivity contribution < 1.29 is 0 Å². The number of aryl methyl sites for hydroxylation is 1. The Hall–Kier alpha value is -2.59. The predicted molar refractivity (Wildman–Crippen MR) is 68.1 cm³/mol. The Bertz CT molecular complexity index is 782. The third kappa shape index (κ3) is 1.56. The second-order valence-electron chi connectivity index (χ2n) is 4.00. The summed E-state index contributed by atoms with van der Waals surface area (Å²) in [5, 5.41) is 8.96. The lowest BCUT2D eigenvalue weighted by Gasteiger charge is -2.02. The molecule has 0 aliphatic heterocycles. The molecule has 0 N–H and O–H groups in total. The lowest BCUT2D eigenvalue weighted by molar-refractivity contribution is 0.832. The van der Waals surface area contributed by atoms with Gasteiger partial charge in [-0.1, -0.05) is 23.3 Å². The Morgan fingerprint density at radius 3 is 3.06 bits per heavy atom. The van der Waals surface area contributed by atoms with Gasteiger partial charge in [-0.25, -0.2) is 9.50 Å². The van der Waals surface area contributed by atoms with Crippen molar-refractivity contribution >= 4 is 16.4 Å². The molecule has 18 heavy (non-hydrogen) atoms. The summed E-state index contributed by atoms with van der Waals surface area (Å²) in [7, 11) is 0. The van der Waals surface area contributed by atoms with Crippen molar-refractivity contribution in [2.24, 2.45) is 5.11 Å². The van der Waals surface area contributed by atoms with Crippen LogP contribution >= 0.6 is 0 Å². The fourth-order valence-corrected chi connectivity index (χ4v) is 2.06. The highest BCUT2D eigenvalue weighted by Crippen LogP contribution is 2.20. The van der Waals surface area contributed by atoms with Gasteiger partial charge in [0, 0.05) is 10.3 Å². The fraction of sp³-hybridized carbons (Fsp3) is 0.167. The Balaban J connectivity index is 2.33. The van der Waals surface area contributed by atoms with Gasteiger partial charge < -0.3 is 0 Å². The zero-order valence-corrected chi connectivity index (χ0v) is 9.78. The molecule has 0 fully saturated rings. The van der Waals surface area contributed by atoms with Gasteiger partial charge in [-0.3, -0.25) is 0 Å². The van der Waals surface area contributed by atoms with E-state index in [2.05, 4.69) is 20.1 Å². The van der Waals surface area contributed by atoms with Crippen LogP contribution in [-0.2, 0) is 6.54 Å². The van der Waals surface area contributed by atoms with Crippen molar-refractivity contribution in [2.75, 3.05) is 0 Å². The first kappa shape index (κ1) is 10.6. The summed E-state index contributed by atoms with van der Waals surface area (Å²) in [5.74, 6) is 0.816. The van der Waals surface area contributed by atoms with E-state index in [-0.39, 0.29) is 6.54 Å². The van der Waals surface area contributed by atoms with E-state index in [1.165, 1.54) is 0 Å². The minimum atomic E-state index is 0.256. The van der Waals surface area contributed by atoms with Crippen molar-refractivity contribution in [3.8, 4) is 0 Å². The largest absolute Gasteiger partial charge is 0.233 e. The van der Waals surface area contributed by atoms with Crippen LogP contribution in [-0.4, -0.2) is 14.6 Å². The highest BCUT2D eigenvalue weighted by molar-refractivity contribution is 5.93. The normalized spacial score (nSPS) is 10.7. The zero-order valence-electron chi connectivity index (χ0n) is 9.78. The Labute approximate surface area is 103 Å². The molecule has 2 heterocycles. The molecule has 6 heteroatoms. The molecule has 6 nitrogen and oxygen atoms in total. The van der Waals surface area contributed by atoms with Crippen LogP contribution in [0.25, 0.3) is 26.9 Å². The molecular formula is C12H10N6. The fourth-order valence-electron chi connectivity index (χ4n) is 2.06. The first-order valence-electron chi connectivity index (χ1n) is 5.54. The first-order valence-corrected chi connectivity index (χ1v) is 5.54. The standard InChI is InChI=1S/C12H10N6/c1-8-15-11-5-3-2-4-10(11)12-6-9(7-14-17-13)16-18(8)12/h2-6H,7H2,1H3. The van der Waals surface area contributed by atoms with E-state index in [4.69, 9.17) is 5.53 Å². The summed E-state index contributed by atoms with van der Waals surface area (Å²) in [6.07, 6.45) is 0. The molecule has 0 unspecified atom stereocenters. The van der Waals surface area contributed by atoms with Gasteiger partial charge in [0.15, 0.2) is 0 Å². The van der Waals surface area contributed by atoms with Gasteiger partial charge in [0.1, 0.15) is 5.82 Å². The van der Waals surface area contributed by atoms with Crippen LogP contribution in [0.1, 0.15) is 11.5 Å².